The molecule has 2 amide bonds. The average Bonchev–Trinajstić information content (AvgIpc) is 2.78. The van der Waals surface area contributed by atoms with Gasteiger partial charge in [-0.2, -0.15) is 0 Å². The fraction of sp³-hybridized carbons (Fsp3) is 0.704. The third kappa shape index (κ3) is 16.1. The maximum absolute atomic E-state index is 11.9. The summed E-state index contributed by atoms with van der Waals surface area (Å²) in [5, 5.41) is 24.0. The highest BCUT2D eigenvalue weighted by Gasteiger charge is 2.10. The van der Waals surface area contributed by atoms with E-state index in [9.17, 15) is 19.8 Å². The van der Waals surface area contributed by atoms with Gasteiger partial charge < -0.3 is 20.8 Å². The van der Waals surface area contributed by atoms with Crippen molar-refractivity contribution in [2.45, 2.75) is 116 Å². The van der Waals surface area contributed by atoms with Crippen LogP contribution in [0.3, 0.4) is 0 Å². The molecule has 0 unspecified atom stereocenters. The molecule has 1 aromatic rings. The number of hydrogen-bond donors (Lipinski definition) is 4. The molecule has 0 saturated heterocycles. The first-order chi connectivity index (χ1) is 16.0. The van der Waals surface area contributed by atoms with Gasteiger partial charge in [0.1, 0.15) is 6.42 Å². The van der Waals surface area contributed by atoms with Gasteiger partial charge in [-0.15, -0.1) is 0 Å². The summed E-state index contributed by atoms with van der Waals surface area (Å²) in [6.07, 6.45) is 20.8. The molecular formula is C27H46N2O4. The van der Waals surface area contributed by atoms with Crippen LogP contribution in [-0.4, -0.2) is 28.6 Å². The summed E-state index contributed by atoms with van der Waals surface area (Å²) < 4.78 is 0. The van der Waals surface area contributed by atoms with E-state index in [4.69, 9.17) is 0 Å². The lowest BCUT2D eigenvalue weighted by Gasteiger charge is -2.07. The molecule has 6 nitrogen and oxygen atoms in total. The van der Waals surface area contributed by atoms with Crippen LogP contribution in [-0.2, 0) is 9.59 Å². The van der Waals surface area contributed by atoms with Crippen molar-refractivity contribution in [2.75, 3.05) is 11.9 Å². The number of unbranched alkanes of at least 4 members (excludes halogenated alkanes) is 15. The molecule has 188 valence electrons. The maximum atomic E-state index is 11.9. The zero-order valence-corrected chi connectivity index (χ0v) is 20.7. The zero-order chi connectivity index (χ0) is 24.2. The van der Waals surface area contributed by atoms with Gasteiger partial charge in [0.25, 0.3) is 0 Å². The minimum Gasteiger partial charge on any atom is -0.504 e. The third-order valence-corrected chi connectivity index (χ3v) is 5.93. The molecule has 0 aromatic heterocycles. The largest absolute Gasteiger partial charge is 0.504 e. The van der Waals surface area contributed by atoms with E-state index in [1.54, 1.807) is 0 Å². The van der Waals surface area contributed by atoms with Crippen LogP contribution in [0.1, 0.15) is 116 Å². The normalized spacial score (nSPS) is 10.8. The highest BCUT2D eigenvalue weighted by atomic mass is 16.3. The van der Waals surface area contributed by atoms with Gasteiger partial charge in [-0.3, -0.25) is 9.59 Å². The molecule has 0 aliphatic heterocycles. The van der Waals surface area contributed by atoms with Crippen LogP contribution >= 0.6 is 0 Å². The van der Waals surface area contributed by atoms with E-state index < -0.39 is 5.91 Å². The van der Waals surface area contributed by atoms with Crippen molar-refractivity contribution in [2.24, 2.45) is 0 Å². The summed E-state index contributed by atoms with van der Waals surface area (Å²) in [5.74, 6) is -1.34. The van der Waals surface area contributed by atoms with Crippen LogP contribution in [0.15, 0.2) is 18.2 Å². The number of rotatable bonds is 20. The predicted molar refractivity (Wildman–Crippen MR) is 136 cm³/mol. The van der Waals surface area contributed by atoms with Gasteiger partial charge in [0.2, 0.25) is 11.8 Å². The molecule has 0 radical (unpaired) electrons. The Balaban J connectivity index is 1.87. The Morgan fingerprint density at radius 1 is 0.667 bits per heavy atom. The van der Waals surface area contributed by atoms with Crippen LogP contribution in [0, 0.1) is 0 Å². The molecule has 1 rings (SSSR count). The van der Waals surface area contributed by atoms with Gasteiger partial charge in [0, 0.05) is 18.3 Å². The summed E-state index contributed by atoms with van der Waals surface area (Å²) in [6, 6.07) is 3.98. The van der Waals surface area contributed by atoms with Gasteiger partial charge in [0.15, 0.2) is 11.5 Å². The molecule has 1 aromatic carbocycles. The number of anilines is 1. The van der Waals surface area contributed by atoms with Gasteiger partial charge in [-0.1, -0.05) is 103 Å². The Kier molecular flexibility index (Phi) is 16.8. The number of phenols is 2. The number of amides is 2. The molecule has 0 bridgehead atoms. The first kappa shape index (κ1) is 28.8. The van der Waals surface area contributed by atoms with Crippen molar-refractivity contribution >= 4 is 17.5 Å². The number of carbonyl (C=O) groups is 2. The number of benzene rings is 1. The number of hydrogen-bond acceptors (Lipinski definition) is 4. The Bertz CT molecular complexity index is 664. The molecular weight excluding hydrogens is 416 g/mol. The monoisotopic (exact) mass is 462 g/mol. The average molecular weight is 463 g/mol. The van der Waals surface area contributed by atoms with E-state index in [1.165, 1.54) is 108 Å². The van der Waals surface area contributed by atoms with Crippen molar-refractivity contribution in [3.63, 3.8) is 0 Å². The highest BCUT2D eigenvalue weighted by molar-refractivity contribution is 6.03. The zero-order valence-electron chi connectivity index (χ0n) is 20.7. The maximum Gasteiger partial charge on any atom is 0.233 e. The quantitative estimate of drug-likeness (QED) is 0.0740. The Morgan fingerprint density at radius 3 is 1.64 bits per heavy atom. The fourth-order valence-corrected chi connectivity index (χ4v) is 3.92. The summed E-state index contributed by atoms with van der Waals surface area (Å²) in [5.41, 5.74) is 0.334. The molecule has 4 N–H and O–H groups in total. The second-order valence-electron chi connectivity index (χ2n) is 9.08. The topological polar surface area (TPSA) is 98.7 Å². The molecule has 0 atom stereocenters. The molecule has 0 heterocycles. The van der Waals surface area contributed by atoms with Crippen molar-refractivity contribution in [3.8, 4) is 11.5 Å². The second-order valence-corrected chi connectivity index (χ2v) is 9.08. The van der Waals surface area contributed by atoms with Gasteiger partial charge >= 0.3 is 0 Å². The molecule has 6 heteroatoms. The number of phenolic OH excluding ortho intramolecular Hbond substituents is 2. The first-order valence-corrected chi connectivity index (χ1v) is 13.1. The van der Waals surface area contributed by atoms with E-state index in [2.05, 4.69) is 17.6 Å². The summed E-state index contributed by atoms with van der Waals surface area (Å²) in [7, 11) is 0. The summed E-state index contributed by atoms with van der Waals surface area (Å²) >= 11 is 0. The van der Waals surface area contributed by atoms with Crippen molar-refractivity contribution in [1.29, 1.82) is 0 Å². The van der Waals surface area contributed by atoms with Crippen LogP contribution in [0.4, 0.5) is 5.69 Å². The Labute approximate surface area is 200 Å². The molecule has 0 fully saturated rings. The lowest BCUT2D eigenvalue weighted by molar-refractivity contribution is -0.126. The molecule has 0 spiro atoms. The van der Waals surface area contributed by atoms with Gasteiger partial charge in [0.05, 0.1) is 0 Å². The van der Waals surface area contributed by atoms with Crippen LogP contribution in [0.5, 0.6) is 11.5 Å². The van der Waals surface area contributed by atoms with Crippen molar-refractivity contribution in [3.05, 3.63) is 18.2 Å². The molecule has 0 aliphatic carbocycles. The number of nitrogens with one attached hydrogen (secondary N) is 2. The first-order valence-electron chi connectivity index (χ1n) is 13.1. The molecule has 33 heavy (non-hydrogen) atoms. The predicted octanol–water partition coefficient (Wildman–Crippen LogP) is 6.80. The van der Waals surface area contributed by atoms with Crippen molar-refractivity contribution in [1.82, 2.24) is 5.32 Å². The van der Waals surface area contributed by atoms with E-state index in [-0.39, 0.29) is 23.8 Å². The lowest BCUT2D eigenvalue weighted by Crippen LogP contribution is -2.28. The van der Waals surface area contributed by atoms with E-state index in [0.717, 1.165) is 12.8 Å². The van der Waals surface area contributed by atoms with Gasteiger partial charge in [-0.25, -0.2) is 0 Å². The highest BCUT2D eigenvalue weighted by Crippen LogP contribution is 2.27. The smallest absolute Gasteiger partial charge is 0.233 e. The summed E-state index contributed by atoms with van der Waals surface area (Å²) in [6.45, 7) is 2.85. The fourth-order valence-electron chi connectivity index (χ4n) is 3.92. The van der Waals surface area contributed by atoms with Crippen molar-refractivity contribution < 1.29 is 19.8 Å². The minimum atomic E-state index is -0.454. The second kappa shape index (κ2) is 19.2. The standard InChI is InChI=1S/C27H46N2O4/c1-2-3-4-5-6-7-8-9-10-11-12-13-14-15-16-17-20-28-26(32)22-27(33)29-23-18-19-24(30)25(31)21-23/h18-19,21,30-31H,2-17,20,22H2,1H3,(H,28,32)(H,29,33). The SMILES string of the molecule is CCCCCCCCCCCCCCCCCCNC(=O)CC(=O)Nc1ccc(O)c(O)c1. The third-order valence-electron chi connectivity index (χ3n) is 5.93. The Morgan fingerprint density at radius 2 is 1.15 bits per heavy atom. The molecule has 0 aliphatic rings. The van der Waals surface area contributed by atoms with Crippen LogP contribution in [0.25, 0.3) is 0 Å². The lowest BCUT2D eigenvalue weighted by atomic mass is 10.0. The number of carbonyl (C=O) groups excluding carboxylic acids is 2. The van der Waals surface area contributed by atoms with E-state index >= 15 is 0 Å². The van der Waals surface area contributed by atoms with Crippen LogP contribution < -0.4 is 10.6 Å². The van der Waals surface area contributed by atoms with Crippen LogP contribution in [0.2, 0.25) is 0 Å². The van der Waals surface area contributed by atoms with Gasteiger partial charge in [-0.05, 0) is 18.6 Å². The Hall–Kier alpha value is -2.24. The minimum absolute atomic E-state index is 0.260. The number of aromatic hydroxyl groups is 2. The molecule has 0 saturated carbocycles. The van der Waals surface area contributed by atoms with E-state index in [0.29, 0.717) is 12.2 Å². The van der Waals surface area contributed by atoms with E-state index in [1.807, 2.05) is 0 Å². The summed E-state index contributed by atoms with van der Waals surface area (Å²) in [4.78, 5) is 23.7.